The van der Waals surface area contributed by atoms with Gasteiger partial charge in [0.25, 0.3) is 0 Å². The molecule has 0 aromatic heterocycles. The molecule has 0 unspecified atom stereocenters. The van der Waals surface area contributed by atoms with Crippen LogP contribution in [0.25, 0.3) is 0 Å². The standard InChI is InChI=1S/C8H12O2Se/c9-8(10)5-1-3-7-4-2-6-11-7/h4H,1-3,5-6H2,(H,9,10). The summed E-state index contributed by atoms with van der Waals surface area (Å²) in [4.78, 5) is 10.2. The number of hydrogen-bond acceptors (Lipinski definition) is 1. The van der Waals surface area contributed by atoms with Crippen LogP contribution in [0.3, 0.4) is 0 Å². The van der Waals surface area contributed by atoms with Crippen LogP contribution in [-0.2, 0) is 4.79 Å². The van der Waals surface area contributed by atoms with E-state index >= 15 is 0 Å². The quantitative estimate of drug-likeness (QED) is 0.730. The Balaban J connectivity index is 2.07. The summed E-state index contributed by atoms with van der Waals surface area (Å²) in [6.07, 6.45) is 5.67. The summed E-state index contributed by atoms with van der Waals surface area (Å²) in [6.45, 7) is 0. The molecule has 0 saturated carbocycles. The molecule has 11 heavy (non-hydrogen) atoms. The topological polar surface area (TPSA) is 37.3 Å². The minimum absolute atomic E-state index is 0.327. The molecule has 0 bridgehead atoms. The van der Waals surface area contributed by atoms with E-state index in [1.165, 1.54) is 16.2 Å². The number of allylic oxidation sites excluding steroid dienone is 2. The first-order valence-corrected chi connectivity index (χ1v) is 5.89. The number of hydrogen-bond donors (Lipinski definition) is 1. The van der Waals surface area contributed by atoms with Crippen molar-refractivity contribution in [2.45, 2.75) is 31.0 Å². The van der Waals surface area contributed by atoms with Crippen LogP contribution in [0.4, 0.5) is 0 Å². The van der Waals surface area contributed by atoms with E-state index in [2.05, 4.69) is 6.08 Å². The maximum atomic E-state index is 10.2. The molecule has 2 nitrogen and oxygen atoms in total. The molecule has 1 rings (SSSR count). The number of rotatable bonds is 4. The molecule has 0 atom stereocenters. The van der Waals surface area contributed by atoms with E-state index < -0.39 is 5.97 Å². The van der Waals surface area contributed by atoms with Gasteiger partial charge in [0, 0.05) is 0 Å². The van der Waals surface area contributed by atoms with Gasteiger partial charge in [-0.05, 0) is 0 Å². The molecule has 1 N–H and O–H groups in total. The summed E-state index contributed by atoms with van der Waals surface area (Å²) < 4.78 is 1.53. The van der Waals surface area contributed by atoms with Gasteiger partial charge in [-0.1, -0.05) is 0 Å². The molecule has 1 heterocycles. The van der Waals surface area contributed by atoms with Crippen molar-refractivity contribution in [2.75, 3.05) is 0 Å². The zero-order valence-corrected chi connectivity index (χ0v) is 8.09. The summed E-state index contributed by atoms with van der Waals surface area (Å²) in [5.41, 5.74) is 0. The van der Waals surface area contributed by atoms with Crippen molar-refractivity contribution in [2.24, 2.45) is 0 Å². The van der Waals surface area contributed by atoms with E-state index in [-0.39, 0.29) is 0 Å². The van der Waals surface area contributed by atoms with Gasteiger partial charge in [-0.3, -0.25) is 0 Å². The third-order valence-corrected chi connectivity index (χ3v) is 4.07. The summed E-state index contributed by atoms with van der Waals surface area (Å²) >= 11 is 0.693. The molecule has 0 spiro atoms. The first-order chi connectivity index (χ1) is 5.29. The molecule has 1 aliphatic heterocycles. The molecule has 0 aromatic rings. The van der Waals surface area contributed by atoms with Crippen molar-refractivity contribution in [3.8, 4) is 0 Å². The van der Waals surface area contributed by atoms with Gasteiger partial charge in [-0.25, -0.2) is 0 Å². The van der Waals surface area contributed by atoms with Crippen molar-refractivity contribution < 1.29 is 9.90 Å². The third-order valence-electron chi connectivity index (χ3n) is 1.59. The number of carbonyl (C=O) groups is 1. The van der Waals surface area contributed by atoms with E-state index in [1.54, 1.807) is 0 Å². The van der Waals surface area contributed by atoms with Gasteiger partial charge in [-0.2, -0.15) is 0 Å². The van der Waals surface area contributed by atoms with Crippen LogP contribution in [0.1, 0.15) is 25.7 Å². The number of aliphatic carboxylic acids is 1. The molecular formula is C8H12O2Se. The van der Waals surface area contributed by atoms with Gasteiger partial charge >= 0.3 is 72.4 Å². The number of carboxylic acids is 1. The van der Waals surface area contributed by atoms with Crippen LogP contribution in [0.5, 0.6) is 0 Å². The second kappa shape index (κ2) is 4.58. The molecule has 0 saturated heterocycles. The Kier molecular flexibility index (Phi) is 3.67. The summed E-state index contributed by atoms with van der Waals surface area (Å²) in [5.74, 6) is -0.670. The van der Waals surface area contributed by atoms with Gasteiger partial charge in [0.1, 0.15) is 0 Å². The van der Waals surface area contributed by atoms with E-state index in [0.717, 1.165) is 12.8 Å². The van der Waals surface area contributed by atoms with Gasteiger partial charge in [0.05, 0.1) is 0 Å². The Morgan fingerprint density at radius 3 is 3.09 bits per heavy atom. The van der Waals surface area contributed by atoms with E-state index in [1.807, 2.05) is 0 Å². The molecule has 62 valence electrons. The third kappa shape index (κ3) is 3.59. The van der Waals surface area contributed by atoms with Crippen LogP contribution in [0.15, 0.2) is 10.5 Å². The van der Waals surface area contributed by atoms with Crippen LogP contribution in [-0.4, -0.2) is 26.0 Å². The van der Waals surface area contributed by atoms with E-state index in [4.69, 9.17) is 5.11 Å². The molecule has 3 heteroatoms. The van der Waals surface area contributed by atoms with Crippen molar-refractivity contribution in [3.05, 3.63) is 10.5 Å². The average Bonchev–Trinajstić information content (AvgIpc) is 2.39. The average molecular weight is 219 g/mol. The van der Waals surface area contributed by atoms with Crippen LogP contribution in [0, 0.1) is 0 Å². The summed E-state index contributed by atoms with van der Waals surface area (Å²) in [7, 11) is 0. The fourth-order valence-electron chi connectivity index (χ4n) is 1.06. The Morgan fingerprint density at radius 2 is 2.55 bits per heavy atom. The Bertz CT molecular complexity index is 175. The normalized spacial score (nSPS) is 16.5. The summed E-state index contributed by atoms with van der Waals surface area (Å²) in [6, 6.07) is 0. The second-order valence-electron chi connectivity index (χ2n) is 2.55. The Hall–Kier alpha value is -0.271. The van der Waals surface area contributed by atoms with Crippen LogP contribution < -0.4 is 0 Å². The maximum absolute atomic E-state index is 10.2. The van der Waals surface area contributed by atoms with Gasteiger partial charge in [0.15, 0.2) is 0 Å². The van der Waals surface area contributed by atoms with Crippen molar-refractivity contribution in [1.29, 1.82) is 0 Å². The summed E-state index contributed by atoms with van der Waals surface area (Å²) in [5, 5.41) is 9.70. The number of carboxylic acid groups (broad SMARTS) is 1. The van der Waals surface area contributed by atoms with Crippen molar-refractivity contribution >= 4 is 20.9 Å². The zero-order chi connectivity index (χ0) is 8.10. The monoisotopic (exact) mass is 220 g/mol. The fourth-order valence-corrected chi connectivity index (χ4v) is 3.20. The fraction of sp³-hybridized carbons (Fsp3) is 0.625. The van der Waals surface area contributed by atoms with Crippen molar-refractivity contribution in [3.63, 3.8) is 0 Å². The predicted octanol–water partition coefficient (Wildman–Crippen LogP) is 1.65. The molecule has 1 aliphatic rings. The molecular weight excluding hydrogens is 207 g/mol. The van der Waals surface area contributed by atoms with Gasteiger partial charge in [-0.15, -0.1) is 0 Å². The molecule has 0 amide bonds. The second-order valence-corrected chi connectivity index (χ2v) is 5.12. The van der Waals surface area contributed by atoms with Crippen LogP contribution in [0.2, 0.25) is 5.32 Å². The molecule has 0 fully saturated rings. The zero-order valence-electron chi connectivity index (χ0n) is 6.38. The van der Waals surface area contributed by atoms with Gasteiger partial charge in [0.2, 0.25) is 0 Å². The Labute approximate surface area is 72.8 Å². The first-order valence-electron chi connectivity index (χ1n) is 3.82. The molecule has 0 aromatic carbocycles. The predicted molar refractivity (Wildman–Crippen MR) is 44.7 cm³/mol. The Morgan fingerprint density at radius 1 is 1.73 bits per heavy atom. The minimum atomic E-state index is -0.670. The first kappa shape index (κ1) is 8.82. The molecule has 0 aliphatic carbocycles. The van der Waals surface area contributed by atoms with Gasteiger partial charge < -0.3 is 0 Å². The van der Waals surface area contributed by atoms with Crippen molar-refractivity contribution in [1.82, 2.24) is 0 Å². The SMILES string of the molecule is O=C(O)CCCC1=CCC[Se]1. The molecule has 0 radical (unpaired) electrons. The van der Waals surface area contributed by atoms with Crippen LogP contribution >= 0.6 is 0 Å². The van der Waals surface area contributed by atoms with E-state index in [9.17, 15) is 4.79 Å². The van der Waals surface area contributed by atoms with E-state index in [0.29, 0.717) is 21.4 Å².